The van der Waals surface area contributed by atoms with E-state index in [9.17, 15) is 9.18 Å². The average Bonchev–Trinajstić information content (AvgIpc) is 3.58. The number of nitrogens with one attached hydrogen (secondary N) is 2. The highest BCUT2D eigenvalue weighted by atomic mass is 19.1. The Bertz CT molecular complexity index is 1580. The number of anilines is 1. The third-order valence-corrected chi connectivity index (χ3v) is 10.8. The summed E-state index contributed by atoms with van der Waals surface area (Å²) in [5, 5.41) is 7.84. The predicted octanol–water partition coefficient (Wildman–Crippen LogP) is 4.97. The number of nitrogens with zero attached hydrogens (tertiary/aromatic N) is 4. The van der Waals surface area contributed by atoms with Crippen molar-refractivity contribution in [2.75, 3.05) is 18.4 Å². The van der Waals surface area contributed by atoms with E-state index in [-0.39, 0.29) is 11.4 Å². The van der Waals surface area contributed by atoms with Gasteiger partial charge in [-0.25, -0.2) is 14.4 Å². The SMILES string of the molecule is Cc1ccc(CCn2cnc3cc(NC(=N[C@H]4C[C@@H]5C[C@H]([C@@H]4C)C5(C)C)N4C[C@@H]5C[C@H]4CN5)ccc3c2=O)c(F)c1. The van der Waals surface area contributed by atoms with E-state index < -0.39 is 0 Å². The van der Waals surface area contributed by atoms with Crippen LogP contribution in [0.25, 0.3) is 10.9 Å². The summed E-state index contributed by atoms with van der Waals surface area (Å²) >= 11 is 0. The number of aromatic nitrogens is 2. The van der Waals surface area contributed by atoms with E-state index in [1.807, 2.05) is 31.2 Å². The van der Waals surface area contributed by atoms with Crippen molar-refractivity contribution in [3.8, 4) is 0 Å². The molecule has 2 aromatic carbocycles. The van der Waals surface area contributed by atoms with Crippen LogP contribution in [0.4, 0.5) is 10.1 Å². The van der Waals surface area contributed by atoms with Gasteiger partial charge < -0.3 is 15.5 Å². The third-order valence-electron chi connectivity index (χ3n) is 10.8. The molecule has 216 valence electrons. The molecule has 2 aliphatic heterocycles. The predicted molar refractivity (Wildman–Crippen MR) is 162 cm³/mol. The lowest BCUT2D eigenvalue weighted by atomic mass is 9.45. The van der Waals surface area contributed by atoms with Gasteiger partial charge in [-0.3, -0.25) is 9.36 Å². The Morgan fingerprint density at radius 3 is 2.76 bits per heavy atom. The molecule has 4 bridgehead atoms. The molecule has 3 aliphatic carbocycles. The maximum atomic E-state index is 14.3. The molecule has 3 aromatic rings. The molecule has 0 radical (unpaired) electrons. The van der Waals surface area contributed by atoms with Gasteiger partial charge >= 0.3 is 0 Å². The van der Waals surface area contributed by atoms with Crippen LogP contribution >= 0.6 is 0 Å². The zero-order valence-corrected chi connectivity index (χ0v) is 24.5. The Hall–Kier alpha value is -3.26. The minimum absolute atomic E-state index is 0.108. The molecule has 0 spiro atoms. The maximum Gasteiger partial charge on any atom is 0.261 e. The molecule has 2 N–H and O–H groups in total. The van der Waals surface area contributed by atoms with Crippen LogP contribution in [0.5, 0.6) is 0 Å². The molecule has 5 aliphatic rings. The Kier molecular flexibility index (Phi) is 6.45. The summed E-state index contributed by atoms with van der Waals surface area (Å²) < 4.78 is 15.9. The second-order valence-corrected chi connectivity index (χ2v) is 13.6. The number of halogens is 1. The summed E-state index contributed by atoms with van der Waals surface area (Å²) in [5.74, 6) is 2.79. The van der Waals surface area contributed by atoms with Gasteiger partial charge in [0.25, 0.3) is 5.56 Å². The second-order valence-electron chi connectivity index (χ2n) is 13.6. The molecule has 0 amide bonds. The van der Waals surface area contributed by atoms with E-state index in [1.165, 1.54) is 12.5 Å². The highest BCUT2D eigenvalue weighted by Gasteiger charge is 2.56. The number of likely N-dealkylation sites (tertiary alicyclic amines) is 1. The Morgan fingerprint density at radius 1 is 1.20 bits per heavy atom. The van der Waals surface area contributed by atoms with Crippen molar-refractivity contribution >= 4 is 22.5 Å². The Morgan fingerprint density at radius 2 is 2.05 bits per heavy atom. The fraction of sp³-hybridized carbons (Fsp3) is 0.545. The van der Waals surface area contributed by atoms with Gasteiger partial charge in [-0.1, -0.05) is 32.9 Å². The van der Waals surface area contributed by atoms with Crippen LogP contribution in [-0.2, 0) is 13.0 Å². The lowest BCUT2D eigenvalue weighted by molar-refractivity contribution is -0.108. The average molecular weight is 557 g/mol. The number of aliphatic imine (C=N–C) groups is 1. The second kappa shape index (κ2) is 9.93. The molecular formula is C33H41FN6O. The van der Waals surface area contributed by atoms with Crippen LogP contribution in [0, 0.1) is 35.9 Å². The molecule has 3 heterocycles. The molecular weight excluding hydrogens is 515 g/mol. The van der Waals surface area contributed by atoms with Crippen molar-refractivity contribution in [1.82, 2.24) is 19.8 Å². The van der Waals surface area contributed by atoms with E-state index >= 15 is 0 Å². The first-order chi connectivity index (χ1) is 19.7. The summed E-state index contributed by atoms with van der Waals surface area (Å²) in [6, 6.07) is 12.3. The first-order valence-electron chi connectivity index (χ1n) is 15.3. The summed E-state index contributed by atoms with van der Waals surface area (Å²) in [5.41, 5.74) is 3.36. The summed E-state index contributed by atoms with van der Waals surface area (Å²) in [7, 11) is 0. The number of hydrogen-bond acceptors (Lipinski definition) is 4. The highest BCUT2D eigenvalue weighted by Crippen LogP contribution is 2.61. The smallest absolute Gasteiger partial charge is 0.261 e. The normalized spacial score (nSPS) is 30.1. The summed E-state index contributed by atoms with van der Waals surface area (Å²) in [6.45, 7) is 11.5. The van der Waals surface area contributed by atoms with Crippen molar-refractivity contribution in [2.45, 2.75) is 78.0 Å². The van der Waals surface area contributed by atoms with Crippen LogP contribution in [0.15, 0.2) is 52.5 Å². The lowest BCUT2D eigenvalue weighted by Crippen LogP contribution is -2.57. The first kappa shape index (κ1) is 26.6. The van der Waals surface area contributed by atoms with Gasteiger partial charge in [0, 0.05) is 37.4 Å². The van der Waals surface area contributed by atoms with Crippen molar-refractivity contribution < 1.29 is 4.39 Å². The Labute approximate surface area is 241 Å². The largest absolute Gasteiger partial charge is 0.337 e. The molecule has 7 nitrogen and oxygen atoms in total. The van der Waals surface area contributed by atoms with Gasteiger partial charge in [0.2, 0.25) is 0 Å². The van der Waals surface area contributed by atoms with E-state index in [0.717, 1.165) is 55.0 Å². The van der Waals surface area contributed by atoms with Crippen LogP contribution in [0.3, 0.4) is 0 Å². The van der Waals surface area contributed by atoms with E-state index in [0.29, 0.717) is 58.9 Å². The molecule has 6 atom stereocenters. The number of aryl methyl sites for hydroxylation is 3. The minimum Gasteiger partial charge on any atom is -0.337 e. The molecule has 3 saturated carbocycles. The highest BCUT2D eigenvalue weighted by molar-refractivity contribution is 5.96. The molecule has 1 aromatic heterocycles. The molecule has 0 unspecified atom stereocenters. The van der Waals surface area contributed by atoms with Gasteiger partial charge in [0.1, 0.15) is 5.82 Å². The first-order valence-corrected chi connectivity index (χ1v) is 15.3. The number of rotatable bonds is 5. The molecule has 5 fully saturated rings. The number of benzene rings is 2. The zero-order valence-electron chi connectivity index (χ0n) is 24.5. The van der Waals surface area contributed by atoms with E-state index in [2.05, 4.69) is 41.3 Å². The molecule has 8 heteroatoms. The van der Waals surface area contributed by atoms with Gasteiger partial charge in [-0.05, 0) is 91.2 Å². The van der Waals surface area contributed by atoms with Crippen molar-refractivity contribution in [3.63, 3.8) is 0 Å². The summed E-state index contributed by atoms with van der Waals surface area (Å²) in [4.78, 5) is 25.8. The summed E-state index contributed by atoms with van der Waals surface area (Å²) in [6.07, 6.45) is 5.67. The van der Waals surface area contributed by atoms with Gasteiger partial charge in [0.15, 0.2) is 5.96 Å². The minimum atomic E-state index is -0.231. The van der Waals surface area contributed by atoms with E-state index in [1.54, 1.807) is 17.0 Å². The zero-order chi connectivity index (χ0) is 28.5. The van der Waals surface area contributed by atoms with E-state index in [4.69, 9.17) is 4.99 Å². The van der Waals surface area contributed by atoms with Crippen LogP contribution in [0.2, 0.25) is 0 Å². The fourth-order valence-electron chi connectivity index (χ4n) is 8.07. The maximum absolute atomic E-state index is 14.3. The van der Waals surface area contributed by atoms with Crippen LogP contribution in [0.1, 0.15) is 51.2 Å². The molecule has 41 heavy (non-hydrogen) atoms. The van der Waals surface area contributed by atoms with Gasteiger partial charge in [-0.15, -0.1) is 0 Å². The van der Waals surface area contributed by atoms with Crippen molar-refractivity contribution in [1.29, 1.82) is 0 Å². The Balaban J connectivity index is 1.13. The number of fused-ring (bicyclic) bond motifs is 5. The topological polar surface area (TPSA) is 74.6 Å². The molecule has 8 rings (SSSR count). The van der Waals surface area contributed by atoms with Crippen molar-refractivity contribution in [2.24, 2.45) is 28.2 Å². The van der Waals surface area contributed by atoms with Gasteiger partial charge in [-0.2, -0.15) is 0 Å². The fourth-order valence-corrected chi connectivity index (χ4v) is 8.07. The standard InChI is InChI=1S/C33H41FN6O/c1-19-5-6-21(28(34)11-19)9-10-39-18-36-30-15-23(7-8-26(30)31(39)41)37-32(40-17-24-14-25(40)16-35-24)38-29-13-22-12-27(20(29)2)33(22,3)4/h5-8,11,15,18,20,22,24-25,27,29,35H,9-10,12-14,16-17H2,1-4H3,(H,37,38)/t20-,22-,24-,25-,27+,29-/m0/s1. The quantitative estimate of drug-likeness (QED) is 0.343. The van der Waals surface area contributed by atoms with Gasteiger partial charge in [0.05, 0.1) is 23.3 Å². The number of hydrogen-bond donors (Lipinski definition) is 2. The van der Waals surface area contributed by atoms with Crippen molar-refractivity contribution in [3.05, 3.63) is 70.0 Å². The number of piperazine rings is 1. The molecule has 2 saturated heterocycles. The van der Waals surface area contributed by atoms with Crippen LogP contribution in [-0.4, -0.2) is 51.6 Å². The number of guanidine groups is 1. The van der Waals surface area contributed by atoms with Crippen LogP contribution < -0.4 is 16.2 Å². The monoisotopic (exact) mass is 556 g/mol. The third kappa shape index (κ3) is 4.64. The lowest BCUT2D eigenvalue weighted by Gasteiger charge is -2.61.